The number of alkyl carbamates (subject to hydrolysis) is 1. The van der Waals surface area contributed by atoms with Crippen molar-refractivity contribution in [1.82, 2.24) is 20.3 Å². The Hall–Kier alpha value is -2.41. The Morgan fingerprint density at radius 2 is 1.86 bits per heavy atom. The standard InChI is InChI=1S/C21H29ClN4O3/c1-13(11-14(2)24-20(27)29-21(4,5)6)12-28-18-8-7-16(25-15(18)3)17-9-10-23-19(22)26-17/h7-10,13-14H,11-12H2,1-6H3,(H,24,27). The van der Waals surface area contributed by atoms with Crippen LogP contribution in [-0.4, -0.2) is 39.3 Å². The SMILES string of the molecule is Cc1nc(-c2ccnc(Cl)n2)ccc1OCC(C)CC(C)NC(=O)OC(C)(C)C. The topological polar surface area (TPSA) is 86.2 Å². The molecule has 0 aromatic carbocycles. The Labute approximate surface area is 177 Å². The predicted molar refractivity (Wildman–Crippen MR) is 113 cm³/mol. The van der Waals surface area contributed by atoms with E-state index < -0.39 is 11.7 Å². The molecule has 2 aromatic rings. The smallest absolute Gasteiger partial charge is 0.407 e. The molecule has 0 aliphatic heterocycles. The van der Waals surface area contributed by atoms with Crippen LogP contribution in [0.1, 0.15) is 46.7 Å². The van der Waals surface area contributed by atoms with Gasteiger partial charge >= 0.3 is 6.09 Å². The molecule has 158 valence electrons. The summed E-state index contributed by atoms with van der Waals surface area (Å²) in [7, 11) is 0. The van der Waals surface area contributed by atoms with Crippen molar-refractivity contribution in [2.24, 2.45) is 5.92 Å². The fourth-order valence-electron chi connectivity index (χ4n) is 2.79. The summed E-state index contributed by atoms with van der Waals surface area (Å²) < 4.78 is 11.2. The Balaban J connectivity index is 1.86. The highest BCUT2D eigenvalue weighted by atomic mass is 35.5. The minimum absolute atomic E-state index is 0.0208. The number of pyridine rings is 1. The maximum Gasteiger partial charge on any atom is 0.407 e. The summed E-state index contributed by atoms with van der Waals surface area (Å²) in [6.07, 6.45) is 1.96. The third kappa shape index (κ3) is 7.85. The van der Waals surface area contributed by atoms with Gasteiger partial charge in [-0.15, -0.1) is 0 Å². The van der Waals surface area contributed by atoms with Crippen LogP contribution in [0.5, 0.6) is 5.75 Å². The number of amides is 1. The van der Waals surface area contributed by atoms with E-state index in [0.29, 0.717) is 23.7 Å². The normalized spacial score (nSPS) is 13.5. The Kier molecular flexibility index (Phi) is 7.79. The molecule has 0 saturated heterocycles. The van der Waals surface area contributed by atoms with Gasteiger partial charge in [0.05, 0.1) is 23.7 Å². The highest BCUT2D eigenvalue weighted by Gasteiger charge is 2.19. The van der Waals surface area contributed by atoms with Crippen LogP contribution in [0.15, 0.2) is 24.4 Å². The van der Waals surface area contributed by atoms with Crippen molar-refractivity contribution in [3.05, 3.63) is 35.4 Å². The van der Waals surface area contributed by atoms with Gasteiger partial charge < -0.3 is 14.8 Å². The van der Waals surface area contributed by atoms with Crippen LogP contribution in [0.3, 0.4) is 0 Å². The first-order valence-corrected chi connectivity index (χ1v) is 10.00. The van der Waals surface area contributed by atoms with Crippen LogP contribution < -0.4 is 10.1 Å². The fourth-order valence-corrected chi connectivity index (χ4v) is 2.94. The van der Waals surface area contributed by atoms with Crippen LogP contribution >= 0.6 is 11.6 Å². The first kappa shape index (κ1) is 22.9. The molecule has 8 heteroatoms. The van der Waals surface area contributed by atoms with Gasteiger partial charge in [0.15, 0.2) is 0 Å². The van der Waals surface area contributed by atoms with Gasteiger partial charge in [-0.1, -0.05) is 6.92 Å². The van der Waals surface area contributed by atoms with Crippen LogP contribution in [-0.2, 0) is 4.74 Å². The average Bonchev–Trinajstić information content (AvgIpc) is 2.58. The van der Waals surface area contributed by atoms with Gasteiger partial charge in [-0.25, -0.2) is 19.7 Å². The Morgan fingerprint density at radius 3 is 2.48 bits per heavy atom. The van der Waals surface area contributed by atoms with E-state index in [-0.39, 0.29) is 17.2 Å². The number of rotatable bonds is 7. The van der Waals surface area contributed by atoms with Crippen LogP contribution in [0.25, 0.3) is 11.4 Å². The van der Waals surface area contributed by atoms with E-state index in [0.717, 1.165) is 12.1 Å². The highest BCUT2D eigenvalue weighted by molar-refractivity contribution is 6.28. The van der Waals surface area contributed by atoms with Gasteiger partial charge in [-0.3, -0.25) is 0 Å². The molecular formula is C21H29ClN4O3. The minimum Gasteiger partial charge on any atom is -0.491 e. The summed E-state index contributed by atoms with van der Waals surface area (Å²) in [6.45, 7) is 12.0. The third-order valence-corrected chi connectivity index (χ3v) is 4.15. The molecule has 2 rings (SSSR count). The van der Waals surface area contributed by atoms with E-state index in [1.165, 1.54) is 0 Å². The summed E-state index contributed by atoms with van der Waals surface area (Å²) in [4.78, 5) is 24.5. The fraction of sp³-hybridized carbons (Fsp3) is 0.524. The van der Waals surface area contributed by atoms with Crippen LogP contribution in [0.4, 0.5) is 4.79 Å². The van der Waals surface area contributed by atoms with E-state index in [4.69, 9.17) is 21.1 Å². The zero-order chi connectivity index (χ0) is 21.6. The zero-order valence-electron chi connectivity index (χ0n) is 17.8. The van der Waals surface area contributed by atoms with Crippen molar-refractivity contribution in [1.29, 1.82) is 0 Å². The Morgan fingerprint density at radius 1 is 1.17 bits per heavy atom. The van der Waals surface area contributed by atoms with E-state index in [2.05, 4.69) is 27.2 Å². The molecule has 1 N–H and O–H groups in total. The van der Waals surface area contributed by atoms with Gasteiger partial charge in [0.25, 0.3) is 0 Å². The van der Waals surface area contributed by atoms with E-state index in [9.17, 15) is 4.79 Å². The molecule has 0 saturated carbocycles. The summed E-state index contributed by atoms with van der Waals surface area (Å²) >= 11 is 5.85. The van der Waals surface area contributed by atoms with Gasteiger partial charge in [0.2, 0.25) is 5.28 Å². The number of ether oxygens (including phenoxy) is 2. The van der Waals surface area contributed by atoms with Crippen LogP contribution in [0.2, 0.25) is 5.28 Å². The molecule has 0 fully saturated rings. The number of hydrogen-bond acceptors (Lipinski definition) is 6. The number of nitrogens with zero attached hydrogens (tertiary/aromatic N) is 3. The highest BCUT2D eigenvalue weighted by Crippen LogP contribution is 2.23. The Bertz CT molecular complexity index is 839. The molecule has 0 aliphatic rings. The van der Waals surface area contributed by atoms with Crippen LogP contribution in [0, 0.1) is 12.8 Å². The maximum absolute atomic E-state index is 11.9. The van der Waals surface area contributed by atoms with Crippen molar-refractivity contribution < 1.29 is 14.3 Å². The number of hydrogen-bond donors (Lipinski definition) is 1. The number of nitrogens with one attached hydrogen (secondary N) is 1. The van der Waals surface area contributed by atoms with E-state index in [1.54, 1.807) is 12.3 Å². The molecule has 0 spiro atoms. The molecule has 2 aromatic heterocycles. The van der Waals surface area contributed by atoms with E-state index >= 15 is 0 Å². The van der Waals surface area contributed by atoms with Gasteiger partial charge in [0, 0.05) is 12.2 Å². The van der Waals surface area contributed by atoms with Gasteiger partial charge in [0.1, 0.15) is 11.4 Å². The van der Waals surface area contributed by atoms with Crippen molar-refractivity contribution in [3.8, 4) is 17.1 Å². The molecule has 2 heterocycles. The lowest BCUT2D eigenvalue weighted by molar-refractivity contribution is 0.0500. The van der Waals surface area contributed by atoms with E-state index in [1.807, 2.05) is 46.8 Å². The lowest BCUT2D eigenvalue weighted by Gasteiger charge is -2.23. The molecule has 0 radical (unpaired) electrons. The average molecular weight is 421 g/mol. The quantitative estimate of drug-likeness (QED) is 0.646. The second-order valence-electron chi connectivity index (χ2n) is 8.19. The van der Waals surface area contributed by atoms with Crippen molar-refractivity contribution in [2.75, 3.05) is 6.61 Å². The minimum atomic E-state index is -0.508. The second-order valence-corrected chi connectivity index (χ2v) is 8.53. The van der Waals surface area contributed by atoms with Gasteiger partial charge in [-0.2, -0.15) is 0 Å². The molecule has 29 heavy (non-hydrogen) atoms. The molecule has 7 nitrogen and oxygen atoms in total. The molecule has 0 aliphatic carbocycles. The molecule has 0 bridgehead atoms. The summed E-state index contributed by atoms with van der Waals surface area (Å²) in [5.74, 6) is 0.952. The predicted octanol–water partition coefficient (Wildman–Crippen LogP) is 4.82. The largest absolute Gasteiger partial charge is 0.491 e. The number of carbonyl (C=O) groups is 1. The van der Waals surface area contributed by atoms with Gasteiger partial charge in [-0.05, 0) is 76.8 Å². The van der Waals surface area contributed by atoms with Crippen molar-refractivity contribution in [3.63, 3.8) is 0 Å². The molecular weight excluding hydrogens is 392 g/mol. The lowest BCUT2D eigenvalue weighted by atomic mass is 10.0. The first-order valence-electron chi connectivity index (χ1n) is 9.62. The summed E-state index contributed by atoms with van der Waals surface area (Å²) in [5, 5.41) is 3.04. The number of aryl methyl sites for hydroxylation is 1. The van der Waals surface area contributed by atoms with Crippen molar-refractivity contribution in [2.45, 2.75) is 59.6 Å². The molecule has 2 unspecified atom stereocenters. The summed E-state index contributed by atoms with van der Waals surface area (Å²) in [6, 6.07) is 5.46. The zero-order valence-corrected chi connectivity index (χ0v) is 18.6. The number of aromatic nitrogens is 3. The monoisotopic (exact) mass is 420 g/mol. The lowest BCUT2D eigenvalue weighted by Crippen LogP contribution is -2.38. The first-order chi connectivity index (χ1) is 13.5. The number of halogens is 1. The third-order valence-electron chi connectivity index (χ3n) is 3.97. The summed E-state index contributed by atoms with van der Waals surface area (Å²) in [5.41, 5.74) is 1.63. The van der Waals surface area contributed by atoms with Crippen molar-refractivity contribution >= 4 is 17.7 Å². The number of carbonyl (C=O) groups excluding carboxylic acids is 1. The maximum atomic E-state index is 11.9. The molecule has 1 amide bonds. The molecule has 2 atom stereocenters. The second kappa shape index (κ2) is 9.87.